The Morgan fingerprint density at radius 2 is 1.66 bits per heavy atom. The monoisotopic (exact) mass is 446 g/mol. The van der Waals surface area contributed by atoms with Gasteiger partial charge in [-0.25, -0.2) is 4.31 Å². The highest BCUT2D eigenvalue weighted by Gasteiger charge is 2.26. The lowest BCUT2D eigenvalue weighted by Gasteiger charge is -2.18. The normalized spacial score (nSPS) is 22.2. The lowest BCUT2D eigenvalue weighted by atomic mass is 10.2. The second kappa shape index (κ2) is 11.8. The molecule has 0 saturated carbocycles. The molecule has 0 radical (unpaired) electrons. The third kappa shape index (κ3) is 6.65. The van der Waals surface area contributed by atoms with Crippen molar-refractivity contribution in [3.63, 3.8) is 0 Å². The first-order chi connectivity index (χ1) is 15.8. The maximum absolute atomic E-state index is 6.00. The van der Waals surface area contributed by atoms with E-state index in [1.165, 1.54) is 17.9 Å². The Balaban J connectivity index is 0.000000260. The van der Waals surface area contributed by atoms with Crippen LogP contribution in [0.3, 0.4) is 0 Å². The van der Waals surface area contributed by atoms with Gasteiger partial charge in [0.1, 0.15) is 0 Å². The molecule has 0 spiro atoms. The Labute approximate surface area is 195 Å². The summed E-state index contributed by atoms with van der Waals surface area (Å²) in [5.74, 6) is 1.66. The van der Waals surface area contributed by atoms with Crippen LogP contribution < -0.4 is 9.47 Å². The summed E-state index contributed by atoms with van der Waals surface area (Å²) in [7, 11) is 2.19. The van der Waals surface area contributed by atoms with Gasteiger partial charge in [0, 0.05) is 30.1 Å². The van der Waals surface area contributed by atoms with Crippen molar-refractivity contribution < 1.29 is 9.47 Å². The summed E-state index contributed by atoms with van der Waals surface area (Å²) in [5, 5.41) is 0. The van der Waals surface area contributed by atoms with E-state index in [1.54, 1.807) is 0 Å². The molecule has 166 valence electrons. The minimum absolute atomic E-state index is 0.340. The third-order valence-electron chi connectivity index (χ3n) is 5.30. The summed E-state index contributed by atoms with van der Waals surface area (Å²) in [6.45, 7) is 4.50. The van der Waals surface area contributed by atoms with Gasteiger partial charge in [-0.15, -0.1) is 5.73 Å². The fourth-order valence-electron chi connectivity index (χ4n) is 3.54. The van der Waals surface area contributed by atoms with Crippen LogP contribution in [0.5, 0.6) is 11.5 Å². The molecule has 1 fully saturated rings. The van der Waals surface area contributed by atoms with Gasteiger partial charge >= 0.3 is 0 Å². The van der Waals surface area contributed by atoms with Crippen LogP contribution >= 0.6 is 11.9 Å². The predicted octanol–water partition coefficient (Wildman–Crippen LogP) is 6.02. The molecule has 0 aromatic heterocycles. The topological polar surface area (TPSA) is 24.9 Å². The smallest absolute Gasteiger partial charge is 0.267 e. The summed E-state index contributed by atoms with van der Waals surface area (Å²) >= 11 is 1.81. The molecule has 1 atom stereocenters. The van der Waals surface area contributed by atoms with Gasteiger partial charge in [0.2, 0.25) is 0 Å². The first-order valence-corrected chi connectivity index (χ1v) is 11.9. The van der Waals surface area contributed by atoms with Crippen molar-refractivity contribution in [1.29, 1.82) is 0 Å². The van der Waals surface area contributed by atoms with Crippen LogP contribution in [0, 0.1) is 0 Å². The number of likely N-dealkylation sites (N-methyl/N-ethyl adjacent to an activating group) is 1. The molecule has 5 heteroatoms. The van der Waals surface area contributed by atoms with E-state index >= 15 is 0 Å². The lowest BCUT2D eigenvalue weighted by Crippen LogP contribution is -2.24. The van der Waals surface area contributed by atoms with Crippen molar-refractivity contribution in [2.75, 3.05) is 33.2 Å². The van der Waals surface area contributed by atoms with Gasteiger partial charge in [0.25, 0.3) is 6.29 Å². The van der Waals surface area contributed by atoms with Gasteiger partial charge in [-0.1, -0.05) is 54.6 Å². The molecule has 1 unspecified atom stereocenters. The first-order valence-electron chi connectivity index (χ1n) is 11.1. The van der Waals surface area contributed by atoms with Crippen molar-refractivity contribution in [3.05, 3.63) is 96.3 Å². The van der Waals surface area contributed by atoms with Crippen molar-refractivity contribution in [2.24, 2.45) is 0 Å². The van der Waals surface area contributed by atoms with E-state index in [-0.39, 0.29) is 6.29 Å². The Morgan fingerprint density at radius 3 is 2.47 bits per heavy atom. The second-order valence-electron chi connectivity index (χ2n) is 7.86. The molecule has 0 amide bonds. The van der Waals surface area contributed by atoms with E-state index in [4.69, 9.17) is 9.47 Å². The molecule has 0 N–H and O–H groups in total. The molecule has 1 aliphatic carbocycles. The molecule has 5 rings (SSSR count). The number of benzene rings is 2. The molecule has 2 aliphatic heterocycles. The zero-order valence-electron chi connectivity index (χ0n) is 18.5. The highest BCUT2D eigenvalue weighted by molar-refractivity contribution is 7.97. The first kappa shape index (κ1) is 22.5. The van der Waals surface area contributed by atoms with E-state index < -0.39 is 0 Å². The Morgan fingerprint density at radius 1 is 0.875 bits per heavy atom. The molecular formula is C27H30N2O2S. The van der Waals surface area contributed by atoms with Crippen LogP contribution in [-0.4, -0.2) is 42.4 Å². The van der Waals surface area contributed by atoms with Crippen molar-refractivity contribution in [1.82, 2.24) is 9.21 Å². The Kier molecular flexibility index (Phi) is 8.29. The number of nitrogens with zero attached hydrogens (tertiary/aromatic N) is 2. The van der Waals surface area contributed by atoms with Crippen LogP contribution in [0.4, 0.5) is 0 Å². The van der Waals surface area contributed by atoms with Crippen molar-refractivity contribution >= 4 is 11.9 Å². The molecule has 32 heavy (non-hydrogen) atoms. The maximum atomic E-state index is 6.00. The second-order valence-corrected chi connectivity index (χ2v) is 9.03. The zero-order valence-corrected chi connectivity index (χ0v) is 19.3. The molecule has 3 aliphatic rings. The number of hydrogen-bond acceptors (Lipinski definition) is 5. The minimum Gasteiger partial charge on any atom is -0.447 e. The molecule has 0 bridgehead atoms. The van der Waals surface area contributed by atoms with Crippen molar-refractivity contribution in [3.8, 4) is 11.5 Å². The third-order valence-corrected chi connectivity index (χ3v) is 6.39. The van der Waals surface area contributed by atoms with Gasteiger partial charge in [-0.3, -0.25) is 0 Å². The lowest BCUT2D eigenvalue weighted by molar-refractivity contribution is 0.0487. The van der Waals surface area contributed by atoms with Gasteiger partial charge in [0.05, 0.1) is 0 Å². The van der Waals surface area contributed by atoms with E-state index in [9.17, 15) is 0 Å². The summed E-state index contributed by atoms with van der Waals surface area (Å²) in [4.78, 5) is 3.60. The van der Waals surface area contributed by atoms with E-state index in [0.29, 0.717) is 0 Å². The molecule has 2 aromatic rings. The number of ether oxygens (including phenoxy) is 2. The quantitative estimate of drug-likeness (QED) is 0.424. The molecule has 1 saturated heterocycles. The molecule has 2 heterocycles. The highest BCUT2D eigenvalue weighted by Crippen LogP contribution is 2.42. The average Bonchev–Trinajstić information content (AvgIpc) is 3.11. The number of allylic oxidation sites excluding steroid dienone is 5. The Hall–Kier alpha value is -2.69. The number of rotatable bonds is 3. The van der Waals surface area contributed by atoms with Crippen molar-refractivity contribution in [2.45, 2.75) is 24.0 Å². The van der Waals surface area contributed by atoms with Gasteiger partial charge < -0.3 is 14.4 Å². The number of hydrogen-bond donors (Lipinski definition) is 0. The van der Waals surface area contributed by atoms with Crippen LogP contribution in [0.15, 0.2) is 95.6 Å². The summed E-state index contributed by atoms with van der Waals surface area (Å²) in [6, 6.07) is 16.3. The standard InChI is InChI=1S/C19H22N2O2S.C8H8/c1-20-10-5-11-21(13-12-20)24-16-8-9-17-18(14-16)23-19(22-17)15-6-3-2-4-7-15;1-2-4-6-8-7-5-3-1/h2-4,6-9,14,19H,5,10-13H2,1H3;1-3,6-8H,4H2/b;2-1-,8-6-. The van der Waals surface area contributed by atoms with Crippen LogP contribution in [0.1, 0.15) is 24.7 Å². The highest BCUT2D eigenvalue weighted by atomic mass is 32.2. The minimum atomic E-state index is -0.340. The average molecular weight is 447 g/mol. The van der Waals surface area contributed by atoms with Crippen LogP contribution in [0.25, 0.3) is 0 Å². The zero-order chi connectivity index (χ0) is 22.0. The van der Waals surface area contributed by atoms with Crippen LogP contribution in [0.2, 0.25) is 0 Å². The van der Waals surface area contributed by atoms with E-state index in [2.05, 4.69) is 46.3 Å². The van der Waals surface area contributed by atoms with Gasteiger partial charge in [-0.2, -0.15) is 0 Å². The summed E-state index contributed by atoms with van der Waals surface area (Å²) in [5.41, 5.74) is 4.00. The van der Waals surface area contributed by atoms with Crippen LogP contribution in [-0.2, 0) is 0 Å². The van der Waals surface area contributed by atoms with Gasteiger partial charge in [0.15, 0.2) is 11.5 Å². The Bertz CT molecular complexity index is 980. The summed E-state index contributed by atoms with van der Waals surface area (Å²) in [6.07, 6.45) is 13.9. The molecule has 4 nitrogen and oxygen atoms in total. The summed E-state index contributed by atoms with van der Waals surface area (Å²) < 4.78 is 14.4. The predicted molar refractivity (Wildman–Crippen MR) is 132 cm³/mol. The number of fused-ring (bicyclic) bond motifs is 1. The van der Waals surface area contributed by atoms with E-state index in [1.807, 2.05) is 72.7 Å². The fraction of sp³-hybridized carbons (Fsp3) is 0.296. The molecular weight excluding hydrogens is 416 g/mol. The van der Waals surface area contributed by atoms with E-state index in [0.717, 1.165) is 43.1 Å². The SMILES string of the molecule is C1=C/C=C\C/C=C\C=1.CN1CCCN(Sc2ccc3c(c2)OC(c2ccccc2)O3)CC1. The fourth-order valence-corrected chi connectivity index (χ4v) is 4.52. The van der Waals surface area contributed by atoms with Gasteiger partial charge in [-0.05, 0) is 68.7 Å². The maximum Gasteiger partial charge on any atom is 0.267 e. The largest absolute Gasteiger partial charge is 0.447 e. The molecule has 2 aromatic carbocycles.